The number of amides is 2. The summed E-state index contributed by atoms with van der Waals surface area (Å²) in [5.41, 5.74) is 1.54. The average Bonchev–Trinajstić information content (AvgIpc) is 3.26. The summed E-state index contributed by atoms with van der Waals surface area (Å²) in [6.07, 6.45) is 6.28. The number of likely N-dealkylation sites (tertiary alicyclic amines) is 1. The van der Waals surface area contributed by atoms with Crippen LogP contribution in [-0.2, 0) is 4.79 Å². The van der Waals surface area contributed by atoms with Gasteiger partial charge in [0.25, 0.3) is 5.91 Å². The number of pyridine rings is 1. The molecule has 0 radical (unpaired) electrons. The predicted molar refractivity (Wildman–Crippen MR) is 115 cm³/mol. The summed E-state index contributed by atoms with van der Waals surface area (Å²) in [6.45, 7) is 0.940. The van der Waals surface area contributed by atoms with Crippen molar-refractivity contribution >= 4 is 33.4 Å². The lowest BCUT2D eigenvalue weighted by atomic mass is 9.95. The zero-order valence-electron chi connectivity index (χ0n) is 16.1. The number of carbonyl (C=O) groups is 2. The number of anilines is 1. The Labute approximate surface area is 181 Å². The van der Waals surface area contributed by atoms with Crippen molar-refractivity contribution in [1.82, 2.24) is 14.5 Å². The fraction of sp³-hybridized carbons (Fsp3) is 0.227. The molecule has 8 heteroatoms. The van der Waals surface area contributed by atoms with Crippen LogP contribution in [-0.4, -0.2) is 39.4 Å². The minimum atomic E-state index is -0.485. The molecular weight excluding hydrogens is 451 g/mol. The van der Waals surface area contributed by atoms with Gasteiger partial charge in [0, 0.05) is 35.9 Å². The Hall–Kier alpha value is -3.00. The smallest absolute Gasteiger partial charge is 0.270 e. The molecule has 0 unspecified atom stereocenters. The number of hydrogen-bond acceptors (Lipinski definition) is 3. The molecule has 0 aliphatic carbocycles. The number of aromatic nitrogens is 2. The van der Waals surface area contributed by atoms with Gasteiger partial charge in [-0.2, -0.15) is 0 Å². The van der Waals surface area contributed by atoms with Gasteiger partial charge in [-0.15, -0.1) is 0 Å². The monoisotopic (exact) mass is 470 g/mol. The zero-order valence-corrected chi connectivity index (χ0v) is 17.7. The molecule has 1 N–H and O–H groups in total. The molecule has 1 aliphatic heterocycles. The molecule has 3 heterocycles. The Morgan fingerprint density at radius 3 is 2.63 bits per heavy atom. The molecular formula is C22H20BrFN4O2. The van der Waals surface area contributed by atoms with E-state index in [-0.39, 0.29) is 23.4 Å². The standard InChI is InChI=1S/C22H20BrFN4O2/c23-16-5-6-19(18(24)13-16)26-21(29)15-7-11-27(12-8-15)22(30)20-4-2-10-28(20)17-3-1-9-25-14-17/h1-6,9-10,13-15H,7-8,11-12H2,(H,26,29). The van der Waals surface area contributed by atoms with Crippen LogP contribution < -0.4 is 5.32 Å². The van der Waals surface area contributed by atoms with Gasteiger partial charge < -0.3 is 14.8 Å². The van der Waals surface area contributed by atoms with E-state index >= 15 is 0 Å². The number of halogens is 2. The van der Waals surface area contributed by atoms with Gasteiger partial charge in [-0.25, -0.2) is 4.39 Å². The summed E-state index contributed by atoms with van der Waals surface area (Å²) in [6, 6.07) is 11.8. The topological polar surface area (TPSA) is 67.2 Å². The van der Waals surface area contributed by atoms with Gasteiger partial charge in [0.05, 0.1) is 17.6 Å². The van der Waals surface area contributed by atoms with E-state index in [1.165, 1.54) is 12.1 Å². The molecule has 1 aliphatic rings. The van der Waals surface area contributed by atoms with Crippen molar-refractivity contribution in [3.05, 3.63) is 77.0 Å². The number of benzene rings is 1. The first kappa shape index (κ1) is 20.3. The van der Waals surface area contributed by atoms with E-state index in [0.717, 1.165) is 5.69 Å². The second kappa shape index (κ2) is 8.79. The number of carbonyl (C=O) groups excluding carboxylic acids is 2. The molecule has 30 heavy (non-hydrogen) atoms. The fourth-order valence-electron chi connectivity index (χ4n) is 3.61. The molecule has 1 saturated heterocycles. The molecule has 0 spiro atoms. The molecule has 0 bridgehead atoms. The Bertz CT molecular complexity index is 1060. The fourth-order valence-corrected chi connectivity index (χ4v) is 3.94. The minimum Gasteiger partial charge on any atom is -0.337 e. The van der Waals surface area contributed by atoms with Crippen LogP contribution in [0.3, 0.4) is 0 Å². The number of nitrogens with one attached hydrogen (secondary N) is 1. The quantitative estimate of drug-likeness (QED) is 0.619. The van der Waals surface area contributed by atoms with E-state index in [9.17, 15) is 14.0 Å². The third-order valence-electron chi connectivity index (χ3n) is 5.23. The molecule has 6 nitrogen and oxygen atoms in total. The zero-order chi connectivity index (χ0) is 21.1. The van der Waals surface area contributed by atoms with Crippen LogP contribution in [0, 0.1) is 11.7 Å². The van der Waals surface area contributed by atoms with E-state index in [4.69, 9.17) is 0 Å². The molecule has 2 amide bonds. The normalized spacial score (nSPS) is 14.5. The predicted octanol–water partition coefficient (Wildman–Crippen LogP) is 4.26. The number of hydrogen-bond donors (Lipinski definition) is 1. The Kier molecular flexibility index (Phi) is 5.94. The van der Waals surface area contributed by atoms with Crippen molar-refractivity contribution in [2.45, 2.75) is 12.8 Å². The minimum absolute atomic E-state index is 0.0818. The summed E-state index contributed by atoms with van der Waals surface area (Å²) in [5, 5.41) is 2.66. The summed E-state index contributed by atoms with van der Waals surface area (Å²) in [5.74, 6) is -1.05. The largest absolute Gasteiger partial charge is 0.337 e. The van der Waals surface area contributed by atoms with Crippen LogP contribution in [0.1, 0.15) is 23.3 Å². The second-order valence-electron chi connectivity index (χ2n) is 7.15. The molecule has 1 fully saturated rings. The van der Waals surface area contributed by atoms with Crippen LogP contribution >= 0.6 is 15.9 Å². The summed E-state index contributed by atoms with van der Waals surface area (Å²) in [7, 11) is 0. The van der Waals surface area contributed by atoms with Gasteiger partial charge in [0.1, 0.15) is 11.5 Å². The highest BCUT2D eigenvalue weighted by atomic mass is 79.9. The van der Waals surface area contributed by atoms with Crippen LogP contribution in [0.25, 0.3) is 5.69 Å². The molecule has 3 aromatic rings. The van der Waals surface area contributed by atoms with Crippen molar-refractivity contribution in [3.8, 4) is 5.69 Å². The van der Waals surface area contributed by atoms with Crippen LogP contribution in [0.4, 0.5) is 10.1 Å². The van der Waals surface area contributed by atoms with Crippen molar-refractivity contribution in [3.63, 3.8) is 0 Å². The van der Waals surface area contributed by atoms with Crippen molar-refractivity contribution in [2.75, 3.05) is 18.4 Å². The molecule has 4 rings (SSSR count). The van der Waals surface area contributed by atoms with E-state index in [1.54, 1.807) is 29.4 Å². The third kappa shape index (κ3) is 4.28. The first-order chi connectivity index (χ1) is 14.5. The van der Waals surface area contributed by atoms with Crippen molar-refractivity contribution in [2.24, 2.45) is 5.92 Å². The molecule has 2 aromatic heterocycles. The average molecular weight is 471 g/mol. The lowest BCUT2D eigenvalue weighted by Crippen LogP contribution is -2.42. The van der Waals surface area contributed by atoms with Gasteiger partial charge >= 0.3 is 0 Å². The van der Waals surface area contributed by atoms with Crippen LogP contribution in [0.5, 0.6) is 0 Å². The number of rotatable bonds is 4. The van der Waals surface area contributed by atoms with Crippen molar-refractivity contribution < 1.29 is 14.0 Å². The van der Waals surface area contributed by atoms with E-state index in [0.29, 0.717) is 36.1 Å². The highest BCUT2D eigenvalue weighted by Gasteiger charge is 2.29. The SMILES string of the molecule is O=C(Nc1ccc(Br)cc1F)C1CCN(C(=O)c2cccn2-c2cccnc2)CC1. The van der Waals surface area contributed by atoms with E-state index in [2.05, 4.69) is 26.2 Å². The van der Waals surface area contributed by atoms with Crippen LogP contribution in [0.2, 0.25) is 0 Å². The highest BCUT2D eigenvalue weighted by molar-refractivity contribution is 9.10. The third-order valence-corrected chi connectivity index (χ3v) is 5.73. The Morgan fingerprint density at radius 2 is 1.93 bits per heavy atom. The van der Waals surface area contributed by atoms with Gasteiger partial charge in [0.2, 0.25) is 5.91 Å². The molecule has 0 saturated carbocycles. The number of nitrogens with zero attached hydrogens (tertiary/aromatic N) is 3. The maximum Gasteiger partial charge on any atom is 0.270 e. The maximum absolute atomic E-state index is 14.0. The van der Waals surface area contributed by atoms with Gasteiger partial charge in [0.15, 0.2) is 0 Å². The number of piperidine rings is 1. The lowest BCUT2D eigenvalue weighted by Gasteiger charge is -2.31. The van der Waals surface area contributed by atoms with Crippen LogP contribution in [0.15, 0.2) is 65.5 Å². The Morgan fingerprint density at radius 1 is 1.13 bits per heavy atom. The summed E-state index contributed by atoms with van der Waals surface area (Å²) >= 11 is 3.20. The summed E-state index contributed by atoms with van der Waals surface area (Å²) < 4.78 is 16.4. The first-order valence-electron chi connectivity index (χ1n) is 9.66. The maximum atomic E-state index is 14.0. The molecule has 1 aromatic carbocycles. The van der Waals surface area contributed by atoms with E-state index < -0.39 is 5.82 Å². The summed E-state index contributed by atoms with van der Waals surface area (Å²) in [4.78, 5) is 31.4. The van der Waals surface area contributed by atoms with Crippen molar-refractivity contribution in [1.29, 1.82) is 0 Å². The first-order valence-corrected chi connectivity index (χ1v) is 10.4. The van der Waals surface area contributed by atoms with E-state index in [1.807, 2.05) is 29.0 Å². The van der Waals surface area contributed by atoms with Gasteiger partial charge in [-0.05, 0) is 55.3 Å². The Balaban J connectivity index is 1.38. The second-order valence-corrected chi connectivity index (χ2v) is 8.07. The van der Waals surface area contributed by atoms with Gasteiger partial charge in [-0.1, -0.05) is 15.9 Å². The van der Waals surface area contributed by atoms with Gasteiger partial charge in [-0.3, -0.25) is 14.6 Å². The molecule has 154 valence electrons. The lowest BCUT2D eigenvalue weighted by molar-refractivity contribution is -0.121. The highest BCUT2D eigenvalue weighted by Crippen LogP contribution is 2.24. The molecule has 0 atom stereocenters.